The van der Waals surface area contributed by atoms with E-state index in [1.54, 1.807) is 5.06 Å². The molecule has 0 aromatic rings. The van der Waals surface area contributed by atoms with E-state index in [1.165, 1.54) is 0 Å². The van der Waals surface area contributed by atoms with Crippen molar-refractivity contribution in [3.63, 3.8) is 0 Å². The molecule has 1 fully saturated rings. The topological polar surface area (TPSA) is 32.7 Å². The Kier molecular flexibility index (Phi) is 4.52. The normalized spacial score (nSPS) is 33.7. The molecule has 0 aliphatic carbocycles. The molecular weight excluding hydrogens is 226 g/mol. The molecule has 0 aromatic heterocycles. The van der Waals surface area contributed by atoms with Crippen molar-refractivity contribution in [2.45, 2.75) is 96.9 Å². The van der Waals surface area contributed by atoms with Gasteiger partial charge in [-0.2, -0.15) is 5.06 Å². The minimum atomic E-state index is -0.225. The lowest BCUT2D eigenvalue weighted by molar-refractivity contribution is -0.274. The Labute approximate surface area is 112 Å². The fourth-order valence-corrected chi connectivity index (χ4v) is 2.94. The molecule has 1 aliphatic rings. The van der Waals surface area contributed by atoms with Crippen molar-refractivity contribution in [3.8, 4) is 0 Å². The SMILES string of the molecule is CCC(C)(C)OC1CC(C)(C)N(O)C(C)(CC)C1. The maximum Gasteiger partial charge on any atom is 0.0627 e. The maximum atomic E-state index is 10.4. The van der Waals surface area contributed by atoms with E-state index in [-0.39, 0.29) is 22.8 Å². The summed E-state index contributed by atoms with van der Waals surface area (Å²) in [5, 5.41) is 12.0. The van der Waals surface area contributed by atoms with Gasteiger partial charge in [-0.25, -0.2) is 0 Å². The van der Waals surface area contributed by atoms with Gasteiger partial charge in [-0.05, 0) is 60.3 Å². The van der Waals surface area contributed by atoms with Crippen molar-refractivity contribution in [1.29, 1.82) is 0 Å². The van der Waals surface area contributed by atoms with Gasteiger partial charge < -0.3 is 9.94 Å². The average molecular weight is 257 g/mol. The van der Waals surface area contributed by atoms with E-state index in [4.69, 9.17) is 4.74 Å². The van der Waals surface area contributed by atoms with Gasteiger partial charge in [0.05, 0.1) is 11.7 Å². The molecule has 18 heavy (non-hydrogen) atoms. The van der Waals surface area contributed by atoms with Crippen LogP contribution < -0.4 is 0 Å². The van der Waals surface area contributed by atoms with Gasteiger partial charge in [-0.3, -0.25) is 0 Å². The molecule has 2 unspecified atom stereocenters. The van der Waals surface area contributed by atoms with E-state index in [0.29, 0.717) is 0 Å². The van der Waals surface area contributed by atoms with Crippen LogP contribution in [0.25, 0.3) is 0 Å². The Bertz CT molecular complexity index is 286. The predicted molar refractivity (Wildman–Crippen MR) is 74.9 cm³/mol. The molecule has 0 radical (unpaired) electrons. The number of ether oxygens (including phenoxy) is 1. The highest BCUT2D eigenvalue weighted by atomic mass is 16.5. The number of hydrogen-bond acceptors (Lipinski definition) is 3. The zero-order chi connectivity index (χ0) is 14.2. The van der Waals surface area contributed by atoms with Crippen LogP contribution in [-0.4, -0.2) is 33.1 Å². The summed E-state index contributed by atoms with van der Waals surface area (Å²) in [6.45, 7) is 14.9. The van der Waals surface area contributed by atoms with E-state index < -0.39 is 0 Å². The van der Waals surface area contributed by atoms with Crippen molar-refractivity contribution < 1.29 is 9.94 Å². The summed E-state index contributed by atoms with van der Waals surface area (Å²) in [7, 11) is 0. The first-order chi connectivity index (χ1) is 8.06. The molecule has 0 aromatic carbocycles. The highest BCUT2D eigenvalue weighted by molar-refractivity contribution is 4.99. The highest BCUT2D eigenvalue weighted by Crippen LogP contribution is 2.41. The Morgan fingerprint density at radius 2 is 1.78 bits per heavy atom. The molecule has 3 heteroatoms. The molecule has 1 rings (SSSR count). The van der Waals surface area contributed by atoms with Crippen LogP contribution in [0, 0.1) is 0 Å². The van der Waals surface area contributed by atoms with Gasteiger partial charge in [0.25, 0.3) is 0 Å². The molecule has 0 amide bonds. The van der Waals surface area contributed by atoms with Gasteiger partial charge in [0, 0.05) is 11.1 Å². The lowest BCUT2D eigenvalue weighted by atomic mass is 9.77. The van der Waals surface area contributed by atoms with E-state index in [9.17, 15) is 5.21 Å². The Balaban J connectivity index is 2.86. The van der Waals surface area contributed by atoms with Gasteiger partial charge in [-0.15, -0.1) is 0 Å². The largest absolute Gasteiger partial charge is 0.372 e. The number of rotatable bonds is 4. The molecule has 1 N–H and O–H groups in total. The van der Waals surface area contributed by atoms with Crippen LogP contribution in [0.5, 0.6) is 0 Å². The van der Waals surface area contributed by atoms with Crippen LogP contribution in [0.1, 0.15) is 74.1 Å². The minimum Gasteiger partial charge on any atom is -0.372 e. The summed E-state index contributed by atoms with van der Waals surface area (Å²) in [6, 6.07) is 0. The summed E-state index contributed by atoms with van der Waals surface area (Å²) in [6.07, 6.45) is 3.94. The lowest BCUT2D eigenvalue weighted by Crippen LogP contribution is -2.62. The molecular formula is C15H31NO2. The molecule has 1 aliphatic heterocycles. The van der Waals surface area contributed by atoms with Crippen molar-refractivity contribution in [2.24, 2.45) is 0 Å². The number of hydroxylamine groups is 2. The predicted octanol–water partition coefficient (Wildman–Crippen LogP) is 3.99. The molecule has 3 nitrogen and oxygen atoms in total. The smallest absolute Gasteiger partial charge is 0.0627 e. The first-order valence-corrected chi connectivity index (χ1v) is 7.23. The second-order valence-electron chi connectivity index (χ2n) is 7.24. The molecule has 0 saturated carbocycles. The van der Waals surface area contributed by atoms with Crippen molar-refractivity contribution >= 4 is 0 Å². The van der Waals surface area contributed by atoms with E-state index >= 15 is 0 Å². The molecule has 108 valence electrons. The van der Waals surface area contributed by atoms with Gasteiger partial charge in [0.1, 0.15) is 0 Å². The van der Waals surface area contributed by atoms with Crippen molar-refractivity contribution in [1.82, 2.24) is 5.06 Å². The summed E-state index contributed by atoms with van der Waals surface area (Å²) in [5.74, 6) is 0. The van der Waals surface area contributed by atoms with Crippen LogP contribution in [-0.2, 0) is 4.74 Å². The molecule has 0 spiro atoms. The van der Waals surface area contributed by atoms with Crippen molar-refractivity contribution in [2.75, 3.05) is 0 Å². The third-order valence-corrected chi connectivity index (χ3v) is 4.58. The fraction of sp³-hybridized carbons (Fsp3) is 1.00. The van der Waals surface area contributed by atoms with E-state index in [0.717, 1.165) is 25.7 Å². The second-order valence-corrected chi connectivity index (χ2v) is 7.24. The summed E-state index contributed by atoms with van der Waals surface area (Å²) in [5.41, 5.74) is -0.485. The third kappa shape index (κ3) is 3.25. The summed E-state index contributed by atoms with van der Waals surface area (Å²) >= 11 is 0. The molecule has 0 bridgehead atoms. The number of piperidine rings is 1. The summed E-state index contributed by atoms with van der Waals surface area (Å²) in [4.78, 5) is 0. The molecule has 1 saturated heterocycles. The Hall–Kier alpha value is -0.120. The van der Waals surface area contributed by atoms with E-state index in [2.05, 4.69) is 48.5 Å². The zero-order valence-electron chi connectivity index (χ0n) is 13.2. The van der Waals surface area contributed by atoms with Crippen LogP contribution in [0.4, 0.5) is 0 Å². The fourth-order valence-electron chi connectivity index (χ4n) is 2.94. The lowest BCUT2D eigenvalue weighted by Gasteiger charge is -2.53. The van der Waals surface area contributed by atoms with E-state index in [1.807, 2.05) is 0 Å². The van der Waals surface area contributed by atoms with Gasteiger partial charge in [-0.1, -0.05) is 13.8 Å². The monoisotopic (exact) mass is 257 g/mol. The number of nitrogens with zero attached hydrogens (tertiary/aromatic N) is 1. The maximum absolute atomic E-state index is 10.4. The number of hydrogen-bond donors (Lipinski definition) is 1. The first kappa shape index (κ1) is 15.9. The zero-order valence-corrected chi connectivity index (χ0v) is 13.2. The quantitative estimate of drug-likeness (QED) is 0.826. The van der Waals surface area contributed by atoms with Gasteiger partial charge >= 0.3 is 0 Å². The third-order valence-electron chi connectivity index (χ3n) is 4.58. The summed E-state index contributed by atoms with van der Waals surface area (Å²) < 4.78 is 6.27. The van der Waals surface area contributed by atoms with Gasteiger partial charge in [0.15, 0.2) is 0 Å². The van der Waals surface area contributed by atoms with Crippen LogP contribution in [0.2, 0.25) is 0 Å². The average Bonchev–Trinajstić information content (AvgIpc) is 2.25. The van der Waals surface area contributed by atoms with Crippen LogP contribution in [0.15, 0.2) is 0 Å². The van der Waals surface area contributed by atoms with Crippen molar-refractivity contribution in [3.05, 3.63) is 0 Å². The van der Waals surface area contributed by atoms with Gasteiger partial charge in [0.2, 0.25) is 0 Å². The Morgan fingerprint density at radius 1 is 1.22 bits per heavy atom. The second kappa shape index (κ2) is 5.10. The van der Waals surface area contributed by atoms with Crippen LogP contribution in [0.3, 0.4) is 0 Å². The Morgan fingerprint density at radius 3 is 2.22 bits per heavy atom. The minimum absolute atomic E-state index is 0.0764. The molecule has 1 heterocycles. The molecule has 2 atom stereocenters. The standard InChI is InChI=1S/C15H31NO2/c1-8-14(5,6)18-12-10-13(3,4)16(17)15(7,9-2)11-12/h12,17H,8-11H2,1-7H3. The highest BCUT2D eigenvalue weighted by Gasteiger charge is 2.47. The first-order valence-electron chi connectivity index (χ1n) is 7.23. The van der Waals surface area contributed by atoms with Crippen LogP contribution >= 0.6 is 0 Å².